The van der Waals surface area contributed by atoms with Gasteiger partial charge in [0.1, 0.15) is 5.75 Å². The van der Waals surface area contributed by atoms with Crippen LogP contribution < -0.4 is 4.74 Å². The van der Waals surface area contributed by atoms with Crippen LogP contribution in [0, 0.1) is 0 Å². The number of rotatable bonds is 6. The topological polar surface area (TPSA) is 41.9 Å². The van der Waals surface area contributed by atoms with Crippen LogP contribution in [0.3, 0.4) is 0 Å². The van der Waals surface area contributed by atoms with Gasteiger partial charge >= 0.3 is 0 Å². The molecule has 1 aliphatic heterocycles. The molecule has 1 heterocycles. The Kier molecular flexibility index (Phi) is 5.19. The van der Waals surface area contributed by atoms with E-state index >= 15 is 0 Å². The van der Waals surface area contributed by atoms with Gasteiger partial charge in [-0.25, -0.2) is 0 Å². The lowest BCUT2D eigenvalue weighted by Crippen LogP contribution is -2.34. The molecule has 2 rings (SSSR count). The number of hydrogen-bond acceptors (Lipinski definition) is 4. The van der Waals surface area contributed by atoms with Crippen LogP contribution in [0.4, 0.5) is 0 Å². The zero-order chi connectivity index (χ0) is 13.7. The Labute approximate surface area is 114 Å². The van der Waals surface area contributed by atoms with Crippen molar-refractivity contribution in [3.05, 3.63) is 29.8 Å². The van der Waals surface area contributed by atoms with E-state index in [1.165, 1.54) is 0 Å². The van der Waals surface area contributed by atoms with E-state index in [4.69, 9.17) is 9.47 Å². The number of likely N-dealkylation sites (N-methyl/N-ethyl adjacent to an activating group) is 1. The van der Waals surface area contributed by atoms with Gasteiger partial charge < -0.3 is 14.6 Å². The molecule has 1 N–H and O–H groups in total. The standard InChI is InChI=1S/C15H23NO3/c1-16(10-14-4-3-9-19-14)15(11-17)12-5-7-13(18-2)8-6-12/h5-8,14-15,17H,3-4,9-11H2,1-2H3. The Balaban J connectivity index is 2.00. The lowest BCUT2D eigenvalue weighted by Gasteiger charge is -2.29. The van der Waals surface area contributed by atoms with Crippen LogP contribution in [0.5, 0.6) is 5.75 Å². The van der Waals surface area contributed by atoms with Crippen LogP contribution in [0.15, 0.2) is 24.3 Å². The summed E-state index contributed by atoms with van der Waals surface area (Å²) in [5, 5.41) is 9.64. The third kappa shape index (κ3) is 3.69. The Bertz CT molecular complexity index is 373. The number of benzene rings is 1. The van der Waals surface area contributed by atoms with Gasteiger partial charge in [-0.1, -0.05) is 12.1 Å². The van der Waals surface area contributed by atoms with E-state index in [-0.39, 0.29) is 12.6 Å². The highest BCUT2D eigenvalue weighted by Gasteiger charge is 2.22. The molecule has 0 spiro atoms. The minimum Gasteiger partial charge on any atom is -0.497 e. The molecule has 106 valence electrons. The maximum absolute atomic E-state index is 9.64. The summed E-state index contributed by atoms with van der Waals surface area (Å²) >= 11 is 0. The fraction of sp³-hybridized carbons (Fsp3) is 0.600. The normalized spacial score (nSPS) is 20.7. The Morgan fingerprint density at radius 3 is 2.68 bits per heavy atom. The fourth-order valence-corrected chi connectivity index (χ4v) is 2.56. The van der Waals surface area contributed by atoms with Crippen molar-refractivity contribution in [2.75, 3.05) is 33.9 Å². The van der Waals surface area contributed by atoms with E-state index in [0.29, 0.717) is 6.10 Å². The van der Waals surface area contributed by atoms with Gasteiger partial charge in [-0.3, -0.25) is 4.90 Å². The predicted molar refractivity (Wildman–Crippen MR) is 74.4 cm³/mol. The molecule has 4 heteroatoms. The van der Waals surface area contributed by atoms with Gasteiger partial charge in [0.05, 0.1) is 25.9 Å². The third-order valence-electron chi connectivity index (χ3n) is 3.72. The van der Waals surface area contributed by atoms with E-state index in [1.807, 2.05) is 31.3 Å². The number of ether oxygens (including phenoxy) is 2. The molecule has 0 radical (unpaired) electrons. The molecule has 1 aliphatic rings. The SMILES string of the molecule is COc1ccc(C(CO)N(C)CC2CCCO2)cc1. The van der Waals surface area contributed by atoms with E-state index in [1.54, 1.807) is 7.11 Å². The molecule has 2 unspecified atom stereocenters. The lowest BCUT2D eigenvalue weighted by atomic mass is 10.1. The predicted octanol–water partition coefficient (Wildman–Crippen LogP) is 1.84. The van der Waals surface area contributed by atoms with Gasteiger partial charge in [-0.15, -0.1) is 0 Å². The molecule has 0 saturated carbocycles. The number of aliphatic hydroxyl groups excluding tert-OH is 1. The largest absolute Gasteiger partial charge is 0.497 e. The maximum atomic E-state index is 9.64. The van der Waals surface area contributed by atoms with Gasteiger partial charge in [0.25, 0.3) is 0 Å². The Hall–Kier alpha value is -1.10. The summed E-state index contributed by atoms with van der Waals surface area (Å²) in [6, 6.07) is 7.88. The highest BCUT2D eigenvalue weighted by atomic mass is 16.5. The van der Waals surface area contributed by atoms with Gasteiger partial charge in [0.2, 0.25) is 0 Å². The maximum Gasteiger partial charge on any atom is 0.118 e. The van der Waals surface area contributed by atoms with Crippen molar-refractivity contribution in [3.63, 3.8) is 0 Å². The Morgan fingerprint density at radius 1 is 1.42 bits per heavy atom. The molecule has 1 fully saturated rings. The first-order valence-electron chi connectivity index (χ1n) is 6.81. The summed E-state index contributed by atoms with van der Waals surface area (Å²) in [5.41, 5.74) is 1.10. The monoisotopic (exact) mass is 265 g/mol. The lowest BCUT2D eigenvalue weighted by molar-refractivity contribution is 0.0546. The van der Waals surface area contributed by atoms with Crippen molar-refractivity contribution < 1.29 is 14.6 Å². The average Bonchev–Trinajstić information content (AvgIpc) is 2.93. The number of methoxy groups -OCH3 is 1. The molecule has 0 bridgehead atoms. The van der Waals surface area contributed by atoms with Crippen LogP contribution in [0.1, 0.15) is 24.4 Å². The third-order valence-corrected chi connectivity index (χ3v) is 3.72. The molecule has 0 aromatic heterocycles. The van der Waals surface area contributed by atoms with Crippen LogP contribution in [0.25, 0.3) is 0 Å². The average molecular weight is 265 g/mol. The first kappa shape index (κ1) is 14.3. The first-order valence-corrected chi connectivity index (χ1v) is 6.81. The van der Waals surface area contributed by atoms with Crippen molar-refractivity contribution in [2.45, 2.75) is 25.0 Å². The molecule has 2 atom stereocenters. The van der Waals surface area contributed by atoms with Crippen LogP contribution >= 0.6 is 0 Å². The minimum atomic E-state index is 0.00936. The highest BCUT2D eigenvalue weighted by Crippen LogP contribution is 2.23. The molecule has 19 heavy (non-hydrogen) atoms. The van der Waals surface area contributed by atoms with Gasteiger partial charge in [-0.2, -0.15) is 0 Å². The number of aliphatic hydroxyl groups is 1. The number of nitrogens with zero attached hydrogens (tertiary/aromatic N) is 1. The molecular formula is C15H23NO3. The second kappa shape index (κ2) is 6.89. The van der Waals surface area contributed by atoms with Crippen LogP contribution in [-0.4, -0.2) is 50.0 Å². The second-order valence-corrected chi connectivity index (χ2v) is 5.05. The first-order chi connectivity index (χ1) is 9.24. The summed E-state index contributed by atoms with van der Waals surface area (Å²) in [5.74, 6) is 0.835. The van der Waals surface area contributed by atoms with Gasteiger partial charge in [0.15, 0.2) is 0 Å². The van der Waals surface area contributed by atoms with Gasteiger partial charge in [0, 0.05) is 13.2 Å². The summed E-state index contributed by atoms with van der Waals surface area (Å²) in [7, 11) is 3.69. The molecule has 4 nitrogen and oxygen atoms in total. The van der Waals surface area contributed by atoms with E-state index in [2.05, 4.69) is 4.90 Å². The summed E-state index contributed by atoms with van der Waals surface area (Å²) in [6.45, 7) is 1.83. The molecular weight excluding hydrogens is 242 g/mol. The van der Waals surface area contributed by atoms with Crippen molar-refractivity contribution in [3.8, 4) is 5.75 Å². The van der Waals surface area contributed by atoms with E-state index in [9.17, 15) is 5.11 Å². The van der Waals surface area contributed by atoms with Crippen molar-refractivity contribution >= 4 is 0 Å². The zero-order valence-corrected chi connectivity index (χ0v) is 11.7. The second-order valence-electron chi connectivity index (χ2n) is 5.05. The van der Waals surface area contributed by atoms with Crippen molar-refractivity contribution in [1.29, 1.82) is 0 Å². The molecule has 0 aliphatic carbocycles. The van der Waals surface area contributed by atoms with Crippen LogP contribution in [0.2, 0.25) is 0 Å². The summed E-state index contributed by atoms with van der Waals surface area (Å²) in [6.07, 6.45) is 2.56. The van der Waals surface area contributed by atoms with Crippen molar-refractivity contribution in [2.24, 2.45) is 0 Å². The molecule has 1 aromatic rings. The van der Waals surface area contributed by atoms with Crippen LogP contribution in [-0.2, 0) is 4.74 Å². The number of hydrogen-bond donors (Lipinski definition) is 1. The summed E-state index contributed by atoms with van der Waals surface area (Å²) < 4.78 is 10.8. The van der Waals surface area contributed by atoms with Gasteiger partial charge in [-0.05, 0) is 37.6 Å². The van der Waals surface area contributed by atoms with E-state index < -0.39 is 0 Å². The minimum absolute atomic E-state index is 0.00936. The zero-order valence-electron chi connectivity index (χ0n) is 11.7. The molecule has 0 amide bonds. The Morgan fingerprint density at radius 2 is 2.16 bits per heavy atom. The summed E-state index contributed by atoms with van der Waals surface area (Å²) in [4.78, 5) is 2.16. The van der Waals surface area contributed by atoms with E-state index in [0.717, 1.165) is 37.3 Å². The molecule has 1 aromatic carbocycles. The smallest absolute Gasteiger partial charge is 0.118 e. The highest BCUT2D eigenvalue weighted by molar-refractivity contribution is 5.29. The molecule has 1 saturated heterocycles. The van der Waals surface area contributed by atoms with Crippen molar-refractivity contribution in [1.82, 2.24) is 4.90 Å². The fourth-order valence-electron chi connectivity index (χ4n) is 2.56. The quantitative estimate of drug-likeness (QED) is 0.852.